The maximum absolute atomic E-state index is 12.4. The molecular formula is C14H16F3NO3. The van der Waals surface area contributed by atoms with Gasteiger partial charge in [-0.2, -0.15) is 13.2 Å². The molecule has 1 rings (SSSR count). The van der Waals surface area contributed by atoms with E-state index in [1.807, 2.05) is 0 Å². The van der Waals surface area contributed by atoms with Crippen molar-refractivity contribution in [2.75, 3.05) is 0 Å². The van der Waals surface area contributed by atoms with E-state index in [0.717, 1.165) is 12.1 Å². The van der Waals surface area contributed by atoms with Crippen molar-refractivity contribution in [3.05, 3.63) is 35.4 Å². The lowest BCUT2D eigenvalue weighted by Gasteiger charge is -2.15. The number of hydrogen-bond donors (Lipinski definition) is 2. The van der Waals surface area contributed by atoms with Gasteiger partial charge in [0.15, 0.2) is 0 Å². The van der Waals surface area contributed by atoms with Gasteiger partial charge in [0, 0.05) is 12.8 Å². The van der Waals surface area contributed by atoms with Gasteiger partial charge in [-0.15, -0.1) is 0 Å². The number of rotatable bonds is 6. The van der Waals surface area contributed by atoms with Crippen LogP contribution >= 0.6 is 0 Å². The summed E-state index contributed by atoms with van der Waals surface area (Å²) in [6.07, 6.45) is -4.19. The monoisotopic (exact) mass is 303 g/mol. The van der Waals surface area contributed by atoms with Crippen LogP contribution < -0.4 is 5.32 Å². The van der Waals surface area contributed by atoms with Crippen molar-refractivity contribution in [3.63, 3.8) is 0 Å². The Hall–Kier alpha value is -2.05. The van der Waals surface area contributed by atoms with E-state index < -0.39 is 23.8 Å². The average molecular weight is 303 g/mol. The number of carboxylic acid groups (broad SMARTS) is 1. The fraction of sp³-hybridized carbons (Fsp3) is 0.429. The van der Waals surface area contributed by atoms with Crippen LogP contribution in [0.3, 0.4) is 0 Å². The fourth-order valence-corrected chi connectivity index (χ4v) is 1.76. The molecule has 0 radical (unpaired) electrons. The van der Waals surface area contributed by atoms with Gasteiger partial charge in [-0.05, 0) is 31.0 Å². The van der Waals surface area contributed by atoms with Gasteiger partial charge in [-0.3, -0.25) is 9.59 Å². The second kappa shape index (κ2) is 7.10. The Bertz CT molecular complexity index is 497. The lowest BCUT2D eigenvalue weighted by atomic mass is 10.1. The number of nitrogens with one attached hydrogen (secondary N) is 1. The Morgan fingerprint density at radius 2 is 1.76 bits per heavy atom. The number of carbonyl (C=O) groups is 2. The molecule has 0 bridgehead atoms. The van der Waals surface area contributed by atoms with Crippen LogP contribution in [0.5, 0.6) is 0 Å². The highest BCUT2D eigenvalue weighted by molar-refractivity contribution is 5.77. The molecule has 0 fully saturated rings. The molecule has 116 valence electrons. The minimum absolute atomic E-state index is 0.0667. The van der Waals surface area contributed by atoms with Crippen molar-refractivity contribution in [1.29, 1.82) is 0 Å². The van der Waals surface area contributed by atoms with Crippen LogP contribution in [0, 0.1) is 0 Å². The van der Waals surface area contributed by atoms with Crippen LogP contribution in [-0.2, 0) is 15.8 Å². The van der Waals surface area contributed by atoms with Gasteiger partial charge in [0.25, 0.3) is 0 Å². The van der Waals surface area contributed by atoms with E-state index in [2.05, 4.69) is 5.32 Å². The second-order valence-corrected chi connectivity index (χ2v) is 4.66. The highest BCUT2D eigenvalue weighted by Crippen LogP contribution is 2.29. The van der Waals surface area contributed by atoms with Gasteiger partial charge in [-0.25, -0.2) is 0 Å². The van der Waals surface area contributed by atoms with Crippen molar-refractivity contribution in [2.45, 2.75) is 38.4 Å². The van der Waals surface area contributed by atoms with Crippen molar-refractivity contribution in [3.8, 4) is 0 Å². The zero-order chi connectivity index (χ0) is 16.0. The molecule has 1 aromatic rings. The van der Waals surface area contributed by atoms with Gasteiger partial charge in [0.2, 0.25) is 5.91 Å². The number of benzene rings is 1. The van der Waals surface area contributed by atoms with Crippen molar-refractivity contribution >= 4 is 11.9 Å². The van der Waals surface area contributed by atoms with Crippen molar-refractivity contribution in [2.24, 2.45) is 0 Å². The minimum atomic E-state index is -4.39. The van der Waals surface area contributed by atoms with Crippen LogP contribution in [0.4, 0.5) is 13.2 Å². The van der Waals surface area contributed by atoms with Gasteiger partial charge in [0.1, 0.15) is 0 Å². The summed E-state index contributed by atoms with van der Waals surface area (Å²) in [7, 11) is 0. The molecule has 0 aliphatic rings. The van der Waals surface area contributed by atoms with Gasteiger partial charge in [-0.1, -0.05) is 12.1 Å². The third kappa shape index (κ3) is 5.85. The standard InChI is InChI=1S/C14H16F3NO3/c1-9(18-12(19)3-2-4-13(20)21)10-5-7-11(8-6-10)14(15,16)17/h5-9H,2-4H2,1H3,(H,18,19)(H,20,21). The summed E-state index contributed by atoms with van der Waals surface area (Å²) in [5.74, 6) is -1.30. The molecule has 0 spiro atoms. The van der Waals surface area contributed by atoms with Gasteiger partial charge in [0.05, 0.1) is 11.6 Å². The minimum Gasteiger partial charge on any atom is -0.481 e. The molecule has 1 amide bonds. The number of halogens is 3. The van der Waals surface area contributed by atoms with Crippen LogP contribution in [0.1, 0.15) is 43.4 Å². The topological polar surface area (TPSA) is 66.4 Å². The first-order valence-electron chi connectivity index (χ1n) is 6.38. The quantitative estimate of drug-likeness (QED) is 0.848. The summed E-state index contributed by atoms with van der Waals surface area (Å²) in [5, 5.41) is 11.1. The third-order valence-electron chi connectivity index (χ3n) is 2.91. The Morgan fingerprint density at radius 1 is 1.19 bits per heavy atom. The highest BCUT2D eigenvalue weighted by atomic mass is 19.4. The number of aliphatic carboxylic acids is 1. The number of alkyl halides is 3. The van der Waals surface area contributed by atoms with E-state index in [4.69, 9.17) is 5.11 Å². The molecule has 2 N–H and O–H groups in total. The van der Waals surface area contributed by atoms with Crippen LogP contribution in [0.25, 0.3) is 0 Å². The molecule has 0 aliphatic carbocycles. The van der Waals surface area contributed by atoms with Crippen LogP contribution in [0.2, 0.25) is 0 Å². The first-order valence-corrected chi connectivity index (χ1v) is 6.38. The SMILES string of the molecule is CC(NC(=O)CCCC(=O)O)c1ccc(C(F)(F)F)cc1. The molecular weight excluding hydrogens is 287 g/mol. The summed E-state index contributed by atoms with van der Waals surface area (Å²) in [6, 6.07) is 4.10. The normalized spacial score (nSPS) is 12.8. The van der Waals surface area contributed by atoms with Crippen molar-refractivity contribution < 1.29 is 27.9 Å². The number of amides is 1. The molecule has 21 heavy (non-hydrogen) atoms. The Morgan fingerprint density at radius 3 is 2.24 bits per heavy atom. The van der Waals surface area contributed by atoms with Crippen LogP contribution in [-0.4, -0.2) is 17.0 Å². The molecule has 1 aromatic carbocycles. The summed E-state index contributed by atoms with van der Waals surface area (Å²) in [6.45, 7) is 1.65. The predicted molar refractivity (Wildman–Crippen MR) is 69.5 cm³/mol. The molecule has 0 aromatic heterocycles. The maximum Gasteiger partial charge on any atom is 0.416 e. The summed E-state index contributed by atoms with van der Waals surface area (Å²) in [4.78, 5) is 21.9. The lowest BCUT2D eigenvalue weighted by Crippen LogP contribution is -2.26. The molecule has 7 heteroatoms. The van der Waals surface area contributed by atoms with E-state index in [0.29, 0.717) is 5.56 Å². The van der Waals surface area contributed by atoms with E-state index in [9.17, 15) is 22.8 Å². The first kappa shape index (κ1) is 17.0. The Kier molecular flexibility index (Phi) is 5.75. The second-order valence-electron chi connectivity index (χ2n) is 4.66. The molecule has 0 saturated carbocycles. The molecule has 0 aliphatic heterocycles. The maximum atomic E-state index is 12.4. The molecule has 1 atom stereocenters. The summed E-state index contributed by atoms with van der Waals surface area (Å²) < 4.78 is 37.3. The first-order chi connectivity index (χ1) is 9.70. The zero-order valence-corrected chi connectivity index (χ0v) is 11.4. The number of carbonyl (C=O) groups excluding carboxylic acids is 1. The third-order valence-corrected chi connectivity index (χ3v) is 2.91. The highest BCUT2D eigenvalue weighted by Gasteiger charge is 2.30. The smallest absolute Gasteiger partial charge is 0.416 e. The number of hydrogen-bond acceptors (Lipinski definition) is 2. The van der Waals surface area contributed by atoms with E-state index in [1.165, 1.54) is 12.1 Å². The number of carboxylic acids is 1. The van der Waals surface area contributed by atoms with E-state index in [-0.39, 0.29) is 25.2 Å². The average Bonchev–Trinajstić information content (AvgIpc) is 2.37. The lowest BCUT2D eigenvalue weighted by molar-refractivity contribution is -0.138. The van der Waals surface area contributed by atoms with Gasteiger partial charge < -0.3 is 10.4 Å². The molecule has 0 heterocycles. The van der Waals surface area contributed by atoms with E-state index >= 15 is 0 Å². The Labute approximate surface area is 120 Å². The Balaban J connectivity index is 2.53. The summed E-state index contributed by atoms with van der Waals surface area (Å²) >= 11 is 0. The van der Waals surface area contributed by atoms with Crippen LogP contribution in [0.15, 0.2) is 24.3 Å². The van der Waals surface area contributed by atoms with E-state index in [1.54, 1.807) is 6.92 Å². The van der Waals surface area contributed by atoms with Gasteiger partial charge >= 0.3 is 12.1 Å². The largest absolute Gasteiger partial charge is 0.481 e. The van der Waals surface area contributed by atoms with Crippen molar-refractivity contribution in [1.82, 2.24) is 5.32 Å². The molecule has 0 saturated heterocycles. The molecule has 4 nitrogen and oxygen atoms in total. The zero-order valence-electron chi connectivity index (χ0n) is 11.4. The molecule has 1 unspecified atom stereocenters. The predicted octanol–water partition coefficient (Wildman–Crippen LogP) is 3.14. The fourth-order valence-electron chi connectivity index (χ4n) is 1.76. The summed E-state index contributed by atoms with van der Waals surface area (Å²) in [5.41, 5.74) is -0.194.